The number of aromatic nitrogens is 4. The van der Waals surface area contributed by atoms with Crippen LogP contribution in [-0.2, 0) is 5.54 Å². The molecule has 6 rings (SSSR count). The van der Waals surface area contributed by atoms with E-state index in [0.29, 0.717) is 11.4 Å². The molecule has 0 aliphatic heterocycles. The van der Waals surface area contributed by atoms with Crippen LogP contribution in [0.3, 0.4) is 0 Å². The molecule has 6 nitrogen and oxygen atoms in total. The van der Waals surface area contributed by atoms with Crippen LogP contribution in [0.1, 0.15) is 27.0 Å². The average Bonchev–Trinajstić information content (AvgIpc) is 3.49. The number of carboxylic acids is 1. The van der Waals surface area contributed by atoms with E-state index in [2.05, 4.69) is 51.9 Å². The molecule has 1 N–H and O–H groups in total. The van der Waals surface area contributed by atoms with Gasteiger partial charge in [0.1, 0.15) is 5.54 Å². The van der Waals surface area contributed by atoms with Crippen LogP contribution in [0.15, 0.2) is 140 Å². The molecule has 39 heavy (non-hydrogen) atoms. The van der Waals surface area contributed by atoms with Gasteiger partial charge in [-0.15, -0.1) is 5.10 Å². The summed E-state index contributed by atoms with van der Waals surface area (Å²) in [6.45, 7) is 0. The second-order valence-corrected chi connectivity index (χ2v) is 9.12. The zero-order valence-electron chi connectivity index (χ0n) is 20.9. The molecule has 0 spiro atoms. The number of nitrogens with zero attached hydrogens (tertiary/aromatic N) is 4. The topological polar surface area (TPSA) is 80.9 Å². The van der Waals surface area contributed by atoms with Gasteiger partial charge in [0.2, 0.25) is 0 Å². The van der Waals surface area contributed by atoms with Crippen molar-refractivity contribution >= 4 is 5.97 Å². The molecule has 6 aromatic rings. The highest BCUT2D eigenvalue weighted by Crippen LogP contribution is 2.43. The molecule has 0 saturated heterocycles. The number of hydrogen-bond acceptors (Lipinski definition) is 4. The van der Waals surface area contributed by atoms with E-state index in [1.807, 2.05) is 95.7 Å². The minimum atomic E-state index is -0.993. The molecule has 0 atom stereocenters. The minimum Gasteiger partial charge on any atom is -0.478 e. The van der Waals surface area contributed by atoms with Gasteiger partial charge in [0, 0.05) is 5.56 Å². The summed E-state index contributed by atoms with van der Waals surface area (Å²) < 4.78 is 1.86. The Morgan fingerprint density at radius 2 is 1.00 bits per heavy atom. The summed E-state index contributed by atoms with van der Waals surface area (Å²) in [6.07, 6.45) is 0. The summed E-state index contributed by atoms with van der Waals surface area (Å²) >= 11 is 0. The normalized spacial score (nSPS) is 11.3. The molecule has 0 unspecified atom stereocenters. The molecule has 0 amide bonds. The second-order valence-electron chi connectivity index (χ2n) is 9.12. The van der Waals surface area contributed by atoms with E-state index in [1.54, 1.807) is 12.1 Å². The van der Waals surface area contributed by atoms with Crippen molar-refractivity contribution in [1.82, 2.24) is 20.2 Å². The van der Waals surface area contributed by atoms with E-state index < -0.39 is 11.5 Å². The van der Waals surface area contributed by atoms with Gasteiger partial charge in [-0.2, -0.15) is 0 Å². The largest absolute Gasteiger partial charge is 0.478 e. The molecule has 0 saturated carbocycles. The van der Waals surface area contributed by atoms with Crippen molar-refractivity contribution in [3.05, 3.63) is 162 Å². The first-order chi connectivity index (χ1) is 19.2. The van der Waals surface area contributed by atoms with Crippen molar-refractivity contribution in [2.75, 3.05) is 0 Å². The van der Waals surface area contributed by atoms with Crippen LogP contribution in [-0.4, -0.2) is 31.3 Å². The van der Waals surface area contributed by atoms with Crippen molar-refractivity contribution < 1.29 is 9.90 Å². The van der Waals surface area contributed by atoms with Crippen LogP contribution in [0.25, 0.3) is 22.5 Å². The van der Waals surface area contributed by atoms with Crippen LogP contribution in [0.2, 0.25) is 0 Å². The van der Waals surface area contributed by atoms with Gasteiger partial charge in [-0.25, -0.2) is 9.48 Å². The predicted octanol–water partition coefficient (Wildman–Crippen LogP) is 6.55. The molecule has 0 bridgehead atoms. The van der Waals surface area contributed by atoms with E-state index >= 15 is 0 Å². The average molecular weight is 509 g/mol. The van der Waals surface area contributed by atoms with Gasteiger partial charge in [0.15, 0.2) is 5.82 Å². The summed E-state index contributed by atoms with van der Waals surface area (Å²) in [5, 5.41) is 23.3. The first kappa shape index (κ1) is 24.0. The fourth-order valence-electron chi connectivity index (χ4n) is 5.30. The van der Waals surface area contributed by atoms with Gasteiger partial charge < -0.3 is 5.11 Å². The Balaban J connectivity index is 1.70. The molecule has 0 aliphatic rings. The summed E-state index contributed by atoms with van der Waals surface area (Å²) in [7, 11) is 0. The van der Waals surface area contributed by atoms with E-state index in [0.717, 1.165) is 27.8 Å². The highest BCUT2D eigenvalue weighted by Gasteiger charge is 2.42. The van der Waals surface area contributed by atoms with Gasteiger partial charge >= 0.3 is 5.97 Å². The van der Waals surface area contributed by atoms with Crippen LogP contribution >= 0.6 is 0 Å². The standard InChI is InChI=1S/C33H24N4O2/c38-32(39)30-23-13-11-21-28(30)27-20-10-12-22-29(27)31-34-35-36-37(31)33(24-14-4-1-5-15-24,25-16-6-2-7-17-25)26-18-8-3-9-19-26/h1-23H,(H,38,39). The summed E-state index contributed by atoms with van der Waals surface area (Å²) in [5.41, 5.74) is 4.31. The van der Waals surface area contributed by atoms with Crippen molar-refractivity contribution in [1.29, 1.82) is 0 Å². The van der Waals surface area contributed by atoms with E-state index in [1.165, 1.54) is 0 Å². The quantitative estimate of drug-likeness (QED) is 0.248. The first-order valence-corrected chi connectivity index (χ1v) is 12.6. The third-order valence-electron chi connectivity index (χ3n) is 6.98. The Labute approximate surface area is 225 Å². The lowest BCUT2D eigenvalue weighted by Crippen LogP contribution is -2.39. The molecule has 1 heterocycles. The predicted molar refractivity (Wildman–Crippen MR) is 150 cm³/mol. The van der Waals surface area contributed by atoms with Gasteiger partial charge in [-0.05, 0) is 44.3 Å². The fourth-order valence-corrected chi connectivity index (χ4v) is 5.30. The third kappa shape index (κ3) is 4.08. The Kier molecular flexibility index (Phi) is 6.27. The fraction of sp³-hybridized carbons (Fsp3) is 0.0303. The van der Waals surface area contributed by atoms with Crippen molar-refractivity contribution in [3.8, 4) is 22.5 Å². The Morgan fingerprint density at radius 1 is 0.564 bits per heavy atom. The zero-order chi connectivity index (χ0) is 26.7. The molecule has 1 aromatic heterocycles. The number of benzene rings is 5. The Hall–Kier alpha value is -5.36. The number of hydrogen-bond donors (Lipinski definition) is 1. The van der Waals surface area contributed by atoms with Gasteiger partial charge in [0.25, 0.3) is 0 Å². The molecule has 0 radical (unpaired) electrons. The smallest absolute Gasteiger partial charge is 0.336 e. The number of aromatic carboxylic acids is 1. The number of rotatable bonds is 7. The highest BCUT2D eigenvalue weighted by atomic mass is 16.4. The maximum Gasteiger partial charge on any atom is 0.336 e. The van der Waals surface area contributed by atoms with Gasteiger partial charge in [0.05, 0.1) is 5.56 Å². The molecule has 6 heteroatoms. The first-order valence-electron chi connectivity index (χ1n) is 12.6. The van der Waals surface area contributed by atoms with Crippen LogP contribution in [0.5, 0.6) is 0 Å². The summed E-state index contributed by atoms with van der Waals surface area (Å²) in [4.78, 5) is 12.1. The van der Waals surface area contributed by atoms with Gasteiger partial charge in [-0.1, -0.05) is 133 Å². The minimum absolute atomic E-state index is 0.212. The third-order valence-corrected chi connectivity index (χ3v) is 6.98. The maximum atomic E-state index is 12.1. The van der Waals surface area contributed by atoms with Crippen molar-refractivity contribution in [2.45, 2.75) is 5.54 Å². The number of tetrazole rings is 1. The SMILES string of the molecule is O=C(O)c1ccccc1-c1ccccc1-c1nnnn1C(c1ccccc1)(c1ccccc1)c1ccccc1. The van der Waals surface area contributed by atoms with Crippen molar-refractivity contribution in [3.63, 3.8) is 0 Å². The lowest BCUT2D eigenvalue weighted by atomic mass is 9.77. The summed E-state index contributed by atoms with van der Waals surface area (Å²) in [6, 6.07) is 45.2. The van der Waals surface area contributed by atoms with E-state index in [-0.39, 0.29) is 5.56 Å². The summed E-state index contributed by atoms with van der Waals surface area (Å²) in [5.74, 6) is -0.477. The highest BCUT2D eigenvalue weighted by molar-refractivity contribution is 5.98. The second kappa shape index (κ2) is 10.2. The molecular weight excluding hydrogens is 484 g/mol. The van der Waals surface area contributed by atoms with Crippen LogP contribution < -0.4 is 0 Å². The molecular formula is C33H24N4O2. The molecule has 0 aliphatic carbocycles. The molecule has 188 valence electrons. The van der Waals surface area contributed by atoms with Crippen LogP contribution in [0, 0.1) is 0 Å². The lowest BCUT2D eigenvalue weighted by Gasteiger charge is -2.36. The monoisotopic (exact) mass is 508 g/mol. The number of carbonyl (C=O) groups is 1. The van der Waals surface area contributed by atoms with E-state index in [4.69, 9.17) is 0 Å². The van der Waals surface area contributed by atoms with Crippen molar-refractivity contribution in [2.24, 2.45) is 0 Å². The van der Waals surface area contributed by atoms with Crippen LogP contribution in [0.4, 0.5) is 0 Å². The number of carboxylic acid groups (broad SMARTS) is 1. The zero-order valence-corrected chi connectivity index (χ0v) is 20.9. The Morgan fingerprint density at radius 3 is 1.51 bits per heavy atom. The maximum absolute atomic E-state index is 12.1. The van der Waals surface area contributed by atoms with Gasteiger partial charge in [-0.3, -0.25) is 0 Å². The lowest BCUT2D eigenvalue weighted by molar-refractivity contribution is 0.0697. The molecule has 0 fully saturated rings. The Bertz CT molecular complexity index is 1640. The molecule has 5 aromatic carbocycles. The van der Waals surface area contributed by atoms with E-state index in [9.17, 15) is 9.90 Å².